The van der Waals surface area contributed by atoms with Crippen LogP contribution in [0.1, 0.15) is 12.5 Å². The molecule has 1 aromatic rings. The number of nitrogen functional groups attached to an aromatic ring is 1. The van der Waals surface area contributed by atoms with Gasteiger partial charge >= 0.3 is 0 Å². The third-order valence-corrected chi connectivity index (χ3v) is 3.08. The summed E-state index contributed by atoms with van der Waals surface area (Å²) in [6, 6.07) is 6.30. The number of anilines is 1. The van der Waals surface area contributed by atoms with Crippen molar-refractivity contribution >= 4 is 23.4 Å². The van der Waals surface area contributed by atoms with Crippen LogP contribution in [0.15, 0.2) is 24.3 Å². The van der Waals surface area contributed by atoms with Gasteiger partial charge in [0.1, 0.15) is 12.6 Å². The Balaban J connectivity index is 2.08. The molecule has 6 heteroatoms. The fourth-order valence-corrected chi connectivity index (χ4v) is 1.93. The van der Waals surface area contributed by atoms with Gasteiger partial charge in [0.15, 0.2) is 0 Å². The van der Waals surface area contributed by atoms with E-state index < -0.39 is 17.9 Å². The first-order valence-corrected chi connectivity index (χ1v) is 5.95. The van der Waals surface area contributed by atoms with Crippen molar-refractivity contribution in [2.45, 2.75) is 19.4 Å². The molecule has 100 valence electrons. The van der Waals surface area contributed by atoms with Crippen molar-refractivity contribution in [1.82, 2.24) is 10.2 Å². The minimum absolute atomic E-state index is 0.0826. The summed E-state index contributed by atoms with van der Waals surface area (Å²) in [6.45, 7) is 1.52. The molecule has 0 aliphatic carbocycles. The molecular weight excluding hydrogens is 246 g/mol. The molecule has 1 aromatic carbocycles. The number of carbonyl (C=O) groups excluding carboxylic acids is 3. The standard InChI is InChI=1S/C13H15N3O3/c1-8-13(19)15-11(17)7-16(8)12(18)6-9-2-4-10(14)5-3-9/h2-5,8H,6-7,14H2,1H3,(H,15,17,19). The fourth-order valence-electron chi connectivity index (χ4n) is 1.93. The predicted molar refractivity (Wildman–Crippen MR) is 68.9 cm³/mol. The fraction of sp³-hybridized carbons (Fsp3) is 0.308. The van der Waals surface area contributed by atoms with Gasteiger partial charge in [-0.1, -0.05) is 12.1 Å². The van der Waals surface area contributed by atoms with Crippen molar-refractivity contribution < 1.29 is 14.4 Å². The van der Waals surface area contributed by atoms with Crippen LogP contribution in [-0.2, 0) is 20.8 Å². The number of imide groups is 1. The number of amides is 3. The number of piperazine rings is 1. The van der Waals surface area contributed by atoms with E-state index in [9.17, 15) is 14.4 Å². The van der Waals surface area contributed by atoms with Crippen LogP contribution < -0.4 is 11.1 Å². The summed E-state index contributed by atoms with van der Waals surface area (Å²) in [7, 11) is 0. The highest BCUT2D eigenvalue weighted by molar-refractivity contribution is 6.04. The monoisotopic (exact) mass is 261 g/mol. The maximum Gasteiger partial charge on any atom is 0.249 e. The first-order chi connectivity index (χ1) is 8.97. The van der Waals surface area contributed by atoms with Crippen LogP contribution in [0, 0.1) is 0 Å². The lowest BCUT2D eigenvalue weighted by Crippen LogP contribution is -2.58. The lowest BCUT2D eigenvalue weighted by Gasteiger charge is -2.31. The van der Waals surface area contributed by atoms with Crippen molar-refractivity contribution in [3.05, 3.63) is 29.8 Å². The number of nitrogens with one attached hydrogen (secondary N) is 1. The van der Waals surface area contributed by atoms with Gasteiger partial charge in [-0.05, 0) is 24.6 Å². The normalized spacial score (nSPS) is 19.2. The molecule has 6 nitrogen and oxygen atoms in total. The third kappa shape index (κ3) is 2.90. The molecule has 1 fully saturated rings. The number of nitrogens with two attached hydrogens (primary N) is 1. The van der Waals surface area contributed by atoms with E-state index in [4.69, 9.17) is 5.73 Å². The molecule has 0 saturated carbocycles. The van der Waals surface area contributed by atoms with Gasteiger partial charge in [0.25, 0.3) is 0 Å². The Hall–Kier alpha value is -2.37. The second-order valence-corrected chi connectivity index (χ2v) is 4.53. The number of hydrogen-bond acceptors (Lipinski definition) is 4. The molecule has 1 atom stereocenters. The lowest BCUT2D eigenvalue weighted by molar-refractivity contribution is -0.149. The van der Waals surface area contributed by atoms with Gasteiger partial charge in [-0.25, -0.2) is 0 Å². The van der Waals surface area contributed by atoms with Gasteiger partial charge in [0, 0.05) is 5.69 Å². The number of carbonyl (C=O) groups is 3. The molecule has 0 bridgehead atoms. The molecule has 0 aromatic heterocycles. The summed E-state index contributed by atoms with van der Waals surface area (Å²) >= 11 is 0. The van der Waals surface area contributed by atoms with E-state index in [0.29, 0.717) is 5.69 Å². The van der Waals surface area contributed by atoms with Gasteiger partial charge in [-0.3, -0.25) is 19.7 Å². The zero-order valence-electron chi connectivity index (χ0n) is 10.6. The van der Waals surface area contributed by atoms with Crippen LogP contribution in [0.3, 0.4) is 0 Å². The van der Waals surface area contributed by atoms with Crippen LogP contribution in [0.4, 0.5) is 5.69 Å². The first kappa shape index (κ1) is 13.1. The molecular formula is C13H15N3O3. The average Bonchev–Trinajstić information content (AvgIpc) is 2.36. The average molecular weight is 261 g/mol. The van der Waals surface area contributed by atoms with Crippen molar-refractivity contribution in [3.63, 3.8) is 0 Å². The summed E-state index contributed by atoms with van der Waals surface area (Å²) in [6.07, 6.45) is 0.144. The van der Waals surface area contributed by atoms with Crippen LogP contribution in [0.25, 0.3) is 0 Å². The predicted octanol–water partition coefficient (Wildman–Crippen LogP) is -0.315. The molecule has 2 rings (SSSR count). The molecule has 0 radical (unpaired) electrons. The SMILES string of the molecule is CC1C(=O)NC(=O)CN1C(=O)Cc1ccc(N)cc1. The Kier molecular flexibility index (Phi) is 3.50. The first-order valence-electron chi connectivity index (χ1n) is 5.95. The molecule has 1 unspecified atom stereocenters. The quantitative estimate of drug-likeness (QED) is 0.564. The molecule has 19 heavy (non-hydrogen) atoms. The smallest absolute Gasteiger partial charge is 0.249 e. The molecule has 3 amide bonds. The van der Waals surface area contributed by atoms with Gasteiger partial charge < -0.3 is 10.6 Å². The van der Waals surface area contributed by atoms with E-state index >= 15 is 0 Å². The minimum Gasteiger partial charge on any atom is -0.399 e. The zero-order valence-corrected chi connectivity index (χ0v) is 10.6. The van der Waals surface area contributed by atoms with Crippen LogP contribution >= 0.6 is 0 Å². The Labute approximate surface area is 110 Å². The highest BCUT2D eigenvalue weighted by Crippen LogP contribution is 2.11. The van der Waals surface area contributed by atoms with Crippen LogP contribution in [-0.4, -0.2) is 35.2 Å². The molecule has 3 N–H and O–H groups in total. The Bertz CT molecular complexity index is 524. The van der Waals surface area contributed by atoms with E-state index in [1.165, 1.54) is 4.90 Å². The van der Waals surface area contributed by atoms with Crippen molar-refractivity contribution in [2.75, 3.05) is 12.3 Å². The second kappa shape index (κ2) is 5.09. The molecule has 0 spiro atoms. The van der Waals surface area contributed by atoms with Gasteiger partial charge in [0.2, 0.25) is 17.7 Å². The van der Waals surface area contributed by atoms with Crippen molar-refractivity contribution in [3.8, 4) is 0 Å². The summed E-state index contributed by atoms with van der Waals surface area (Å²) in [5.41, 5.74) is 6.98. The highest BCUT2D eigenvalue weighted by atomic mass is 16.2. The summed E-state index contributed by atoms with van der Waals surface area (Å²) in [4.78, 5) is 36.2. The van der Waals surface area contributed by atoms with Crippen molar-refractivity contribution in [2.24, 2.45) is 0 Å². The highest BCUT2D eigenvalue weighted by Gasteiger charge is 2.33. The Morgan fingerprint density at radius 2 is 2.00 bits per heavy atom. The molecule has 1 saturated heterocycles. The third-order valence-electron chi connectivity index (χ3n) is 3.08. The van der Waals surface area contributed by atoms with Crippen molar-refractivity contribution in [1.29, 1.82) is 0 Å². The van der Waals surface area contributed by atoms with Gasteiger partial charge in [-0.2, -0.15) is 0 Å². The molecule has 1 heterocycles. The number of rotatable bonds is 2. The zero-order chi connectivity index (χ0) is 14.0. The van der Waals surface area contributed by atoms with E-state index in [1.54, 1.807) is 31.2 Å². The van der Waals surface area contributed by atoms with E-state index in [0.717, 1.165) is 5.56 Å². The number of nitrogens with zero attached hydrogens (tertiary/aromatic N) is 1. The minimum atomic E-state index is -0.626. The lowest BCUT2D eigenvalue weighted by atomic mass is 10.1. The van der Waals surface area contributed by atoms with Crippen LogP contribution in [0.2, 0.25) is 0 Å². The van der Waals surface area contributed by atoms with Gasteiger partial charge in [-0.15, -0.1) is 0 Å². The summed E-state index contributed by atoms with van der Waals surface area (Å²) in [5.74, 6) is -1.14. The van der Waals surface area contributed by atoms with E-state index in [1.807, 2.05) is 0 Å². The summed E-state index contributed by atoms with van der Waals surface area (Å²) < 4.78 is 0. The molecule has 1 aliphatic rings. The maximum atomic E-state index is 12.1. The van der Waals surface area contributed by atoms with E-state index in [2.05, 4.69) is 5.32 Å². The Morgan fingerprint density at radius 1 is 1.37 bits per heavy atom. The maximum absolute atomic E-state index is 12.1. The second-order valence-electron chi connectivity index (χ2n) is 4.53. The van der Waals surface area contributed by atoms with Gasteiger partial charge in [0.05, 0.1) is 6.42 Å². The summed E-state index contributed by atoms with van der Waals surface area (Å²) in [5, 5.41) is 2.20. The topological polar surface area (TPSA) is 92.5 Å². The van der Waals surface area contributed by atoms with E-state index in [-0.39, 0.29) is 18.9 Å². The largest absolute Gasteiger partial charge is 0.399 e. The number of hydrogen-bond donors (Lipinski definition) is 2. The number of benzene rings is 1. The molecule has 1 aliphatic heterocycles. The van der Waals surface area contributed by atoms with Crippen LogP contribution in [0.5, 0.6) is 0 Å². The Morgan fingerprint density at radius 3 is 2.63 bits per heavy atom.